The molecular formula is C27H30N6O3. The summed E-state index contributed by atoms with van der Waals surface area (Å²) in [6, 6.07) is 14.4. The van der Waals surface area contributed by atoms with Crippen molar-refractivity contribution in [1.29, 1.82) is 5.26 Å². The van der Waals surface area contributed by atoms with Crippen LogP contribution in [0.3, 0.4) is 0 Å². The maximum atomic E-state index is 12.9. The topological polar surface area (TPSA) is 134 Å². The van der Waals surface area contributed by atoms with Crippen LogP contribution in [0.4, 0.5) is 11.6 Å². The smallest absolute Gasteiger partial charge is 0.257 e. The molecule has 186 valence electrons. The molecule has 0 radical (unpaired) electrons. The summed E-state index contributed by atoms with van der Waals surface area (Å²) in [5.74, 6) is -0.0148. The number of nitriles is 1. The molecule has 0 atom stereocenters. The molecule has 36 heavy (non-hydrogen) atoms. The zero-order chi connectivity index (χ0) is 25.7. The number of rotatable bonds is 9. The summed E-state index contributed by atoms with van der Waals surface area (Å²) in [7, 11) is 1.77. The third kappa shape index (κ3) is 5.71. The largest absolute Gasteiger partial charge is 0.370 e. The second kappa shape index (κ2) is 11.0. The Balaban J connectivity index is 1.59. The van der Waals surface area contributed by atoms with E-state index >= 15 is 0 Å². The minimum Gasteiger partial charge on any atom is -0.370 e. The van der Waals surface area contributed by atoms with Crippen molar-refractivity contribution in [2.45, 2.75) is 51.5 Å². The Morgan fingerprint density at radius 2 is 1.89 bits per heavy atom. The quantitative estimate of drug-likeness (QED) is 0.475. The first kappa shape index (κ1) is 24.9. The Morgan fingerprint density at radius 1 is 1.17 bits per heavy atom. The molecule has 0 bridgehead atoms. The average molecular weight is 487 g/mol. The van der Waals surface area contributed by atoms with Gasteiger partial charge in [0, 0.05) is 37.7 Å². The zero-order valence-corrected chi connectivity index (χ0v) is 20.4. The highest BCUT2D eigenvalue weighted by molar-refractivity contribution is 6.04. The molecule has 9 nitrogen and oxygen atoms in total. The third-order valence-electron chi connectivity index (χ3n) is 6.74. The fraction of sp³-hybridized carbons (Fsp3) is 0.370. The lowest BCUT2D eigenvalue weighted by Gasteiger charge is -2.19. The number of nitrogens with zero attached hydrogens (tertiary/aromatic N) is 4. The van der Waals surface area contributed by atoms with Gasteiger partial charge in [-0.2, -0.15) is 5.26 Å². The summed E-state index contributed by atoms with van der Waals surface area (Å²) in [6.45, 7) is 0.248. The van der Waals surface area contributed by atoms with Gasteiger partial charge in [0.25, 0.3) is 5.91 Å². The lowest BCUT2D eigenvalue weighted by atomic mass is 10.0. The van der Waals surface area contributed by atoms with Gasteiger partial charge in [0.15, 0.2) is 0 Å². The number of anilines is 2. The summed E-state index contributed by atoms with van der Waals surface area (Å²) < 4.78 is 1.74. The number of aryl methyl sites for hydroxylation is 1. The normalized spacial score (nSPS) is 13.4. The highest BCUT2D eigenvalue weighted by atomic mass is 16.2. The van der Waals surface area contributed by atoms with E-state index in [0.717, 1.165) is 29.6 Å². The average Bonchev–Trinajstić information content (AvgIpc) is 3.49. The van der Waals surface area contributed by atoms with Crippen molar-refractivity contribution in [3.8, 4) is 6.07 Å². The molecule has 9 heteroatoms. The molecule has 3 aromatic rings. The van der Waals surface area contributed by atoms with Crippen LogP contribution in [0.5, 0.6) is 0 Å². The number of fused-ring (bicyclic) bond motifs is 1. The van der Waals surface area contributed by atoms with Crippen molar-refractivity contribution in [2.75, 3.05) is 17.3 Å². The van der Waals surface area contributed by atoms with E-state index < -0.39 is 5.91 Å². The van der Waals surface area contributed by atoms with Gasteiger partial charge in [-0.3, -0.25) is 19.7 Å². The van der Waals surface area contributed by atoms with Gasteiger partial charge < -0.3 is 15.2 Å². The summed E-state index contributed by atoms with van der Waals surface area (Å²) in [6.07, 6.45) is 5.48. The maximum Gasteiger partial charge on any atom is 0.257 e. The number of carbonyl (C=O) groups excluding carboxylic acids is 3. The molecule has 1 aromatic heterocycles. The fourth-order valence-electron chi connectivity index (χ4n) is 4.65. The van der Waals surface area contributed by atoms with Crippen LogP contribution in [0.2, 0.25) is 0 Å². The molecule has 1 fully saturated rings. The van der Waals surface area contributed by atoms with Gasteiger partial charge in [0.2, 0.25) is 17.8 Å². The third-order valence-corrected chi connectivity index (χ3v) is 6.74. The van der Waals surface area contributed by atoms with Crippen LogP contribution in [-0.2, 0) is 22.6 Å². The number of imidazole rings is 1. The summed E-state index contributed by atoms with van der Waals surface area (Å²) in [4.78, 5) is 43.5. The first-order valence-corrected chi connectivity index (χ1v) is 12.2. The first-order chi connectivity index (χ1) is 17.4. The van der Waals surface area contributed by atoms with E-state index in [0.29, 0.717) is 23.4 Å². The van der Waals surface area contributed by atoms with Crippen molar-refractivity contribution >= 4 is 40.4 Å². The summed E-state index contributed by atoms with van der Waals surface area (Å²) >= 11 is 0. The molecule has 0 saturated heterocycles. The van der Waals surface area contributed by atoms with Crippen LogP contribution >= 0.6 is 0 Å². The predicted molar refractivity (Wildman–Crippen MR) is 137 cm³/mol. The van der Waals surface area contributed by atoms with Crippen LogP contribution in [0.1, 0.15) is 54.4 Å². The predicted octanol–water partition coefficient (Wildman–Crippen LogP) is 3.77. The molecule has 3 amide bonds. The SMILES string of the molecule is CN(C(=O)CC1CCCC1)c1ccc2c(c1)nc(NC(=O)c1ccc(CC#N)cc1)n2CCC(N)=O. The number of primary amides is 1. The van der Waals surface area contributed by atoms with E-state index in [2.05, 4.69) is 16.4 Å². The zero-order valence-electron chi connectivity index (χ0n) is 20.4. The van der Waals surface area contributed by atoms with Gasteiger partial charge in [0.1, 0.15) is 0 Å². The van der Waals surface area contributed by atoms with Crippen molar-refractivity contribution < 1.29 is 14.4 Å². The number of amides is 3. The minimum atomic E-state index is -0.462. The van der Waals surface area contributed by atoms with Gasteiger partial charge in [-0.1, -0.05) is 25.0 Å². The highest BCUT2D eigenvalue weighted by Gasteiger charge is 2.22. The molecule has 3 N–H and O–H groups in total. The van der Waals surface area contributed by atoms with Gasteiger partial charge in [-0.15, -0.1) is 0 Å². The molecule has 0 unspecified atom stereocenters. The first-order valence-electron chi connectivity index (χ1n) is 12.2. The number of benzene rings is 2. The van der Waals surface area contributed by atoms with E-state index in [1.165, 1.54) is 12.8 Å². The molecule has 1 aliphatic carbocycles. The Hall–Kier alpha value is -4.19. The van der Waals surface area contributed by atoms with Gasteiger partial charge in [-0.25, -0.2) is 4.98 Å². The van der Waals surface area contributed by atoms with Crippen LogP contribution in [0.25, 0.3) is 11.0 Å². The second-order valence-corrected chi connectivity index (χ2v) is 9.27. The van der Waals surface area contributed by atoms with Crippen molar-refractivity contribution in [3.63, 3.8) is 0 Å². The van der Waals surface area contributed by atoms with Gasteiger partial charge >= 0.3 is 0 Å². The van der Waals surface area contributed by atoms with Crippen LogP contribution < -0.4 is 16.0 Å². The van der Waals surface area contributed by atoms with Crippen molar-refractivity contribution in [1.82, 2.24) is 9.55 Å². The molecule has 0 aliphatic heterocycles. The number of aromatic nitrogens is 2. The number of nitrogens with one attached hydrogen (secondary N) is 1. The molecule has 0 spiro atoms. The Morgan fingerprint density at radius 3 is 2.56 bits per heavy atom. The Labute approximate surface area is 209 Å². The summed E-state index contributed by atoms with van der Waals surface area (Å²) in [5, 5.41) is 11.7. The molecule has 1 heterocycles. The Kier molecular flexibility index (Phi) is 7.64. The standard InChI is InChI=1S/C27H30N6O3/c1-32(25(35)16-19-4-2-3-5-19)21-10-11-23-22(17-21)30-27(33(23)15-13-24(29)34)31-26(36)20-8-6-18(7-9-20)12-14-28/h6-11,17,19H,2-5,12-13,15-16H2,1H3,(H2,29,34)(H,30,31,36). The number of nitrogens with two attached hydrogens (primary N) is 1. The maximum absolute atomic E-state index is 12.9. The van der Waals surface area contributed by atoms with E-state index in [4.69, 9.17) is 11.0 Å². The monoisotopic (exact) mass is 486 g/mol. The lowest BCUT2D eigenvalue weighted by Crippen LogP contribution is -2.27. The Bertz CT molecular complexity index is 1320. The number of hydrogen-bond donors (Lipinski definition) is 2. The fourth-order valence-corrected chi connectivity index (χ4v) is 4.65. The van der Waals surface area contributed by atoms with E-state index in [9.17, 15) is 14.4 Å². The van der Waals surface area contributed by atoms with E-state index in [1.54, 1.807) is 40.8 Å². The van der Waals surface area contributed by atoms with Crippen LogP contribution in [0, 0.1) is 17.2 Å². The van der Waals surface area contributed by atoms with Crippen molar-refractivity contribution in [3.05, 3.63) is 53.6 Å². The number of carbonyl (C=O) groups is 3. The second-order valence-electron chi connectivity index (χ2n) is 9.27. The van der Waals surface area contributed by atoms with Crippen molar-refractivity contribution in [2.24, 2.45) is 11.7 Å². The molecule has 1 saturated carbocycles. The molecule has 2 aromatic carbocycles. The van der Waals surface area contributed by atoms with E-state index in [-0.39, 0.29) is 37.1 Å². The van der Waals surface area contributed by atoms with Gasteiger partial charge in [-0.05, 0) is 54.7 Å². The highest BCUT2D eigenvalue weighted by Crippen LogP contribution is 2.30. The van der Waals surface area contributed by atoms with Crippen LogP contribution in [-0.4, -0.2) is 34.3 Å². The van der Waals surface area contributed by atoms with E-state index in [1.807, 2.05) is 18.2 Å². The minimum absolute atomic E-state index is 0.0720. The number of hydrogen-bond acceptors (Lipinski definition) is 5. The molecular weight excluding hydrogens is 456 g/mol. The molecule has 4 rings (SSSR count). The summed E-state index contributed by atoms with van der Waals surface area (Å²) in [5.41, 5.74) is 8.64. The van der Waals surface area contributed by atoms with Gasteiger partial charge in [0.05, 0.1) is 23.5 Å². The van der Waals surface area contributed by atoms with Crippen LogP contribution in [0.15, 0.2) is 42.5 Å². The lowest BCUT2D eigenvalue weighted by molar-refractivity contribution is -0.119. The molecule has 1 aliphatic rings.